The monoisotopic (exact) mass is 285 g/mol. The number of rotatable bonds is 3. The van der Waals surface area contributed by atoms with Crippen molar-refractivity contribution in [1.82, 2.24) is 15.2 Å². The summed E-state index contributed by atoms with van der Waals surface area (Å²) in [6, 6.07) is 7.17. The van der Waals surface area contributed by atoms with Gasteiger partial charge in [-0.05, 0) is 50.7 Å². The lowest BCUT2D eigenvalue weighted by Gasteiger charge is -2.48. The number of aryl methyl sites for hydroxylation is 1. The van der Waals surface area contributed by atoms with E-state index in [0.29, 0.717) is 5.54 Å². The van der Waals surface area contributed by atoms with Crippen molar-refractivity contribution in [3.63, 3.8) is 0 Å². The van der Waals surface area contributed by atoms with Crippen LogP contribution in [-0.4, -0.2) is 34.6 Å². The molecule has 0 radical (unpaired) electrons. The van der Waals surface area contributed by atoms with Crippen LogP contribution in [0.2, 0.25) is 0 Å². The molecule has 1 aliphatic heterocycles. The fraction of sp³-hybridized carbons (Fsp3) is 0.722. The van der Waals surface area contributed by atoms with Gasteiger partial charge in [-0.2, -0.15) is 0 Å². The van der Waals surface area contributed by atoms with Crippen LogP contribution in [0.25, 0.3) is 0 Å². The minimum atomic E-state index is 0.414. The van der Waals surface area contributed by atoms with Crippen molar-refractivity contribution in [3.8, 4) is 0 Å². The molecule has 114 valence electrons. The second kappa shape index (κ2) is 5.36. The van der Waals surface area contributed by atoms with E-state index in [2.05, 4.69) is 35.3 Å². The Morgan fingerprint density at radius 2 is 2.10 bits per heavy atom. The number of hydrogen-bond donors (Lipinski definition) is 1. The van der Waals surface area contributed by atoms with Crippen molar-refractivity contribution in [2.75, 3.05) is 13.1 Å². The highest BCUT2D eigenvalue weighted by atomic mass is 15.3. The third-order valence-electron chi connectivity index (χ3n) is 5.81. The summed E-state index contributed by atoms with van der Waals surface area (Å²) in [5.74, 6) is 0.941. The fourth-order valence-corrected chi connectivity index (χ4v) is 4.38. The molecule has 3 aliphatic rings. The first-order valence-corrected chi connectivity index (χ1v) is 8.66. The summed E-state index contributed by atoms with van der Waals surface area (Å²) in [5, 5.41) is 3.88. The van der Waals surface area contributed by atoms with Crippen LogP contribution in [0.5, 0.6) is 0 Å². The van der Waals surface area contributed by atoms with Gasteiger partial charge in [-0.3, -0.25) is 9.88 Å². The molecule has 1 aromatic rings. The summed E-state index contributed by atoms with van der Waals surface area (Å²) in [4.78, 5) is 7.52. The van der Waals surface area contributed by atoms with Crippen LogP contribution in [0.4, 0.5) is 0 Å². The van der Waals surface area contributed by atoms with Crippen LogP contribution in [0.3, 0.4) is 0 Å². The van der Waals surface area contributed by atoms with Crippen molar-refractivity contribution in [3.05, 3.63) is 29.6 Å². The molecule has 1 saturated heterocycles. The Morgan fingerprint density at radius 3 is 2.81 bits per heavy atom. The van der Waals surface area contributed by atoms with Crippen LogP contribution in [0.15, 0.2) is 18.2 Å². The molecule has 0 aromatic carbocycles. The largest absolute Gasteiger partial charge is 0.311 e. The van der Waals surface area contributed by atoms with Gasteiger partial charge < -0.3 is 5.32 Å². The van der Waals surface area contributed by atoms with Crippen molar-refractivity contribution in [2.24, 2.45) is 5.92 Å². The van der Waals surface area contributed by atoms with Crippen molar-refractivity contribution < 1.29 is 0 Å². The highest BCUT2D eigenvalue weighted by molar-refractivity contribution is 5.12. The van der Waals surface area contributed by atoms with Crippen LogP contribution in [-0.2, 0) is 6.54 Å². The average molecular weight is 285 g/mol. The topological polar surface area (TPSA) is 28.2 Å². The molecule has 3 heteroatoms. The molecule has 2 heterocycles. The standard InChI is InChI=1S/C18H27N3/c1-14-5-4-6-16(20-14)11-21-12-17(15-7-8-15)19-13-18(21)9-2-3-10-18/h4-6,15,17,19H,2-3,7-13H2,1H3. The maximum Gasteiger partial charge on any atom is 0.0547 e. The van der Waals surface area contributed by atoms with E-state index >= 15 is 0 Å². The van der Waals surface area contributed by atoms with Crippen LogP contribution < -0.4 is 5.32 Å². The highest BCUT2D eigenvalue weighted by Gasteiger charge is 2.46. The normalized spacial score (nSPS) is 29.1. The third-order valence-corrected chi connectivity index (χ3v) is 5.81. The molecule has 2 aliphatic carbocycles. The molecule has 1 aromatic heterocycles. The number of nitrogens with one attached hydrogen (secondary N) is 1. The Labute approximate surface area is 128 Å². The SMILES string of the molecule is Cc1cccc(CN2CC(C3CC3)NCC23CCCC3)n1. The lowest BCUT2D eigenvalue weighted by Crippen LogP contribution is -2.63. The zero-order valence-electron chi connectivity index (χ0n) is 13.1. The molecule has 1 atom stereocenters. The first-order chi connectivity index (χ1) is 10.3. The molecular weight excluding hydrogens is 258 g/mol. The molecule has 3 nitrogen and oxygen atoms in total. The molecule has 4 rings (SSSR count). The molecule has 1 spiro atoms. The number of hydrogen-bond acceptors (Lipinski definition) is 3. The van der Waals surface area contributed by atoms with Crippen molar-refractivity contribution >= 4 is 0 Å². The van der Waals surface area contributed by atoms with E-state index < -0.39 is 0 Å². The number of pyridine rings is 1. The fourth-order valence-electron chi connectivity index (χ4n) is 4.38. The van der Waals surface area contributed by atoms with E-state index in [1.165, 1.54) is 57.3 Å². The maximum absolute atomic E-state index is 4.75. The lowest BCUT2D eigenvalue weighted by molar-refractivity contribution is 0.0301. The summed E-state index contributed by atoms with van der Waals surface area (Å²) in [5.41, 5.74) is 2.80. The molecule has 1 unspecified atom stereocenters. The Morgan fingerprint density at radius 1 is 1.29 bits per heavy atom. The quantitative estimate of drug-likeness (QED) is 0.925. The zero-order valence-corrected chi connectivity index (χ0v) is 13.1. The Bertz CT molecular complexity index is 503. The van der Waals surface area contributed by atoms with Gasteiger partial charge in [-0.1, -0.05) is 18.9 Å². The van der Waals surface area contributed by atoms with Crippen molar-refractivity contribution in [2.45, 2.75) is 63.6 Å². The van der Waals surface area contributed by atoms with E-state index in [9.17, 15) is 0 Å². The van der Waals surface area contributed by atoms with Gasteiger partial charge in [-0.25, -0.2) is 0 Å². The summed E-state index contributed by atoms with van der Waals surface area (Å²) in [6.07, 6.45) is 8.38. The molecule has 3 fully saturated rings. The average Bonchev–Trinajstić information content (AvgIpc) is 3.22. The lowest BCUT2D eigenvalue weighted by atomic mass is 9.89. The number of nitrogens with zero attached hydrogens (tertiary/aromatic N) is 2. The Hall–Kier alpha value is -0.930. The van der Waals surface area contributed by atoms with E-state index in [4.69, 9.17) is 4.98 Å². The summed E-state index contributed by atoms with van der Waals surface area (Å²) < 4.78 is 0. The molecule has 21 heavy (non-hydrogen) atoms. The van der Waals surface area contributed by atoms with Gasteiger partial charge in [0, 0.05) is 36.9 Å². The van der Waals surface area contributed by atoms with Gasteiger partial charge in [0.25, 0.3) is 0 Å². The molecule has 1 N–H and O–H groups in total. The molecule has 0 amide bonds. The van der Waals surface area contributed by atoms with Gasteiger partial charge in [0.15, 0.2) is 0 Å². The Balaban J connectivity index is 1.54. The molecule has 2 saturated carbocycles. The number of aromatic nitrogens is 1. The van der Waals surface area contributed by atoms with E-state index in [1.54, 1.807) is 0 Å². The summed E-state index contributed by atoms with van der Waals surface area (Å²) >= 11 is 0. The third kappa shape index (κ3) is 2.74. The zero-order chi connectivity index (χ0) is 14.3. The van der Waals surface area contributed by atoms with Crippen LogP contribution in [0.1, 0.15) is 49.9 Å². The van der Waals surface area contributed by atoms with Crippen molar-refractivity contribution in [1.29, 1.82) is 0 Å². The predicted octanol–water partition coefficient (Wildman–Crippen LogP) is 2.89. The van der Waals surface area contributed by atoms with Gasteiger partial charge >= 0.3 is 0 Å². The minimum Gasteiger partial charge on any atom is -0.311 e. The first kappa shape index (κ1) is 13.7. The van der Waals surface area contributed by atoms with Gasteiger partial charge in [0.05, 0.1) is 5.69 Å². The summed E-state index contributed by atoms with van der Waals surface area (Å²) in [6.45, 7) is 5.55. The second-order valence-electron chi connectivity index (χ2n) is 7.41. The van der Waals surface area contributed by atoms with E-state index in [-0.39, 0.29) is 0 Å². The van der Waals surface area contributed by atoms with Crippen LogP contribution in [0, 0.1) is 12.8 Å². The highest BCUT2D eigenvalue weighted by Crippen LogP contribution is 2.41. The van der Waals surface area contributed by atoms with E-state index in [0.717, 1.165) is 24.2 Å². The first-order valence-electron chi connectivity index (χ1n) is 8.66. The smallest absolute Gasteiger partial charge is 0.0547 e. The van der Waals surface area contributed by atoms with Crippen LogP contribution >= 0.6 is 0 Å². The minimum absolute atomic E-state index is 0.414. The number of piperazine rings is 1. The van der Waals surface area contributed by atoms with Gasteiger partial charge in [0.1, 0.15) is 0 Å². The van der Waals surface area contributed by atoms with Gasteiger partial charge in [-0.15, -0.1) is 0 Å². The van der Waals surface area contributed by atoms with E-state index in [1.807, 2.05) is 0 Å². The Kier molecular flexibility index (Phi) is 3.50. The maximum atomic E-state index is 4.75. The van der Waals surface area contributed by atoms with Gasteiger partial charge in [0.2, 0.25) is 0 Å². The molecule has 0 bridgehead atoms. The summed E-state index contributed by atoms with van der Waals surface area (Å²) in [7, 11) is 0. The second-order valence-corrected chi connectivity index (χ2v) is 7.41. The predicted molar refractivity (Wildman–Crippen MR) is 85.1 cm³/mol. The molecular formula is C18H27N3.